The maximum atomic E-state index is 12.3. The van der Waals surface area contributed by atoms with Crippen LogP contribution >= 0.6 is 23.2 Å². The molecule has 6 nitrogen and oxygen atoms in total. The van der Waals surface area contributed by atoms with Crippen molar-refractivity contribution in [2.75, 3.05) is 11.9 Å². The molecule has 0 saturated heterocycles. The minimum absolute atomic E-state index is 0.232. The van der Waals surface area contributed by atoms with Crippen molar-refractivity contribution in [1.29, 1.82) is 0 Å². The zero-order chi connectivity index (χ0) is 17.0. The summed E-state index contributed by atoms with van der Waals surface area (Å²) in [6.45, 7) is 2.50. The van der Waals surface area contributed by atoms with Gasteiger partial charge in [0.25, 0.3) is 11.8 Å². The van der Waals surface area contributed by atoms with Gasteiger partial charge in [-0.2, -0.15) is 5.10 Å². The molecular weight excluding hydrogens is 339 g/mol. The Morgan fingerprint density at radius 1 is 1.26 bits per heavy atom. The van der Waals surface area contributed by atoms with Crippen molar-refractivity contribution in [2.24, 2.45) is 7.05 Å². The van der Waals surface area contributed by atoms with Crippen LogP contribution in [-0.4, -0.2) is 28.1 Å². The molecule has 1 heterocycles. The van der Waals surface area contributed by atoms with E-state index in [1.165, 1.54) is 23.0 Å². The molecule has 0 bridgehead atoms. The summed E-state index contributed by atoms with van der Waals surface area (Å²) >= 11 is 11.8. The number of anilines is 1. The molecule has 0 aliphatic rings. The third kappa shape index (κ3) is 4.03. The standard InChI is InChI=1S/C15H16Cl2N4O2/c1-3-6-18-15(23)13-12(8-19-21(13)2)20-14(22)10-5-4-9(16)7-11(10)17/h4-5,7-8H,3,6H2,1-2H3,(H,18,23)(H,20,22). The third-order valence-corrected chi connectivity index (χ3v) is 3.66. The van der Waals surface area contributed by atoms with Crippen LogP contribution in [0, 0.1) is 0 Å². The summed E-state index contributed by atoms with van der Waals surface area (Å²) in [5.41, 5.74) is 0.855. The van der Waals surface area contributed by atoms with E-state index in [0.717, 1.165) is 6.42 Å². The fraction of sp³-hybridized carbons (Fsp3) is 0.267. The van der Waals surface area contributed by atoms with Gasteiger partial charge in [-0.05, 0) is 24.6 Å². The van der Waals surface area contributed by atoms with Crippen LogP contribution in [-0.2, 0) is 7.05 Å². The zero-order valence-electron chi connectivity index (χ0n) is 12.7. The fourth-order valence-corrected chi connectivity index (χ4v) is 2.48. The third-order valence-electron chi connectivity index (χ3n) is 3.11. The van der Waals surface area contributed by atoms with Crippen molar-refractivity contribution in [2.45, 2.75) is 13.3 Å². The predicted molar refractivity (Wildman–Crippen MR) is 90.2 cm³/mol. The summed E-state index contributed by atoms with van der Waals surface area (Å²) in [6.07, 6.45) is 2.23. The van der Waals surface area contributed by atoms with Gasteiger partial charge >= 0.3 is 0 Å². The van der Waals surface area contributed by atoms with Crippen molar-refractivity contribution in [1.82, 2.24) is 15.1 Å². The highest BCUT2D eigenvalue weighted by Gasteiger charge is 2.19. The summed E-state index contributed by atoms with van der Waals surface area (Å²) in [5, 5.41) is 10.1. The first-order chi connectivity index (χ1) is 10.9. The predicted octanol–water partition coefficient (Wildman–Crippen LogP) is 3.12. The second-order valence-corrected chi connectivity index (χ2v) is 5.71. The molecule has 0 aliphatic heterocycles. The van der Waals surface area contributed by atoms with Crippen LogP contribution < -0.4 is 10.6 Å². The maximum absolute atomic E-state index is 12.3. The normalized spacial score (nSPS) is 10.4. The molecule has 122 valence electrons. The lowest BCUT2D eigenvalue weighted by Gasteiger charge is -2.09. The molecule has 2 N–H and O–H groups in total. The second-order valence-electron chi connectivity index (χ2n) is 4.86. The Kier molecular flexibility index (Phi) is 5.63. The van der Waals surface area contributed by atoms with E-state index in [9.17, 15) is 9.59 Å². The SMILES string of the molecule is CCCNC(=O)c1c(NC(=O)c2ccc(Cl)cc2Cl)cnn1C. The molecule has 2 aromatic rings. The largest absolute Gasteiger partial charge is 0.351 e. The number of halogens is 2. The number of nitrogens with one attached hydrogen (secondary N) is 2. The molecule has 23 heavy (non-hydrogen) atoms. The average Bonchev–Trinajstić information content (AvgIpc) is 2.85. The van der Waals surface area contributed by atoms with Gasteiger partial charge in [0.2, 0.25) is 0 Å². The van der Waals surface area contributed by atoms with Gasteiger partial charge in [-0.15, -0.1) is 0 Å². The second kappa shape index (κ2) is 7.48. The van der Waals surface area contributed by atoms with Gasteiger partial charge in [-0.3, -0.25) is 14.3 Å². The molecule has 0 radical (unpaired) electrons. The highest BCUT2D eigenvalue weighted by molar-refractivity contribution is 6.37. The van der Waals surface area contributed by atoms with Crippen LogP contribution in [0.1, 0.15) is 34.2 Å². The van der Waals surface area contributed by atoms with Crippen LogP contribution in [0.2, 0.25) is 10.0 Å². The first-order valence-corrected chi connectivity index (χ1v) is 7.76. The van der Waals surface area contributed by atoms with E-state index < -0.39 is 5.91 Å². The van der Waals surface area contributed by atoms with Crippen LogP contribution in [0.25, 0.3) is 0 Å². The van der Waals surface area contributed by atoms with Gasteiger partial charge in [0.1, 0.15) is 5.69 Å². The van der Waals surface area contributed by atoms with Crippen molar-refractivity contribution in [3.8, 4) is 0 Å². The Balaban J connectivity index is 2.23. The summed E-state index contributed by atoms with van der Waals surface area (Å²) < 4.78 is 1.41. The Morgan fingerprint density at radius 3 is 2.65 bits per heavy atom. The number of aromatic nitrogens is 2. The van der Waals surface area contributed by atoms with Gasteiger partial charge in [-0.1, -0.05) is 30.1 Å². The number of carbonyl (C=O) groups is 2. The Hall–Kier alpha value is -2.05. The molecule has 0 aliphatic carbocycles. The number of hydrogen-bond donors (Lipinski definition) is 2. The number of benzene rings is 1. The molecule has 0 saturated carbocycles. The minimum Gasteiger partial charge on any atom is -0.351 e. The summed E-state index contributed by atoms with van der Waals surface area (Å²) in [6, 6.07) is 4.57. The lowest BCUT2D eigenvalue weighted by molar-refractivity contribution is 0.0945. The molecule has 8 heteroatoms. The molecule has 2 rings (SSSR count). The van der Waals surface area contributed by atoms with Crippen molar-refractivity contribution >= 4 is 40.7 Å². The summed E-state index contributed by atoms with van der Waals surface area (Å²) in [5.74, 6) is -0.742. The number of nitrogens with zero attached hydrogens (tertiary/aromatic N) is 2. The Bertz CT molecular complexity index is 743. The van der Waals surface area contributed by atoms with Gasteiger partial charge in [0.15, 0.2) is 0 Å². The van der Waals surface area contributed by atoms with Gasteiger partial charge in [0.05, 0.1) is 22.5 Å². The molecule has 0 fully saturated rings. The van der Waals surface area contributed by atoms with Crippen LogP contribution in [0.3, 0.4) is 0 Å². The number of hydrogen-bond acceptors (Lipinski definition) is 3. The van der Waals surface area contributed by atoms with Crippen molar-refractivity contribution < 1.29 is 9.59 Å². The lowest BCUT2D eigenvalue weighted by Crippen LogP contribution is -2.27. The van der Waals surface area contributed by atoms with Gasteiger partial charge < -0.3 is 10.6 Å². The quantitative estimate of drug-likeness (QED) is 0.865. The van der Waals surface area contributed by atoms with Crippen LogP contribution in [0.15, 0.2) is 24.4 Å². The Labute approximate surface area is 143 Å². The van der Waals surface area contributed by atoms with Crippen molar-refractivity contribution in [3.63, 3.8) is 0 Å². The Morgan fingerprint density at radius 2 is 2.00 bits per heavy atom. The van der Waals surface area contributed by atoms with E-state index in [-0.39, 0.29) is 22.2 Å². The lowest BCUT2D eigenvalue weighted by atomic mass is 10.2. The molecule has 1 aromatic carbocycles. The van der Waals surface area contributed by atoms with E-state index in [4.69, 9.17) is 23.2 Å². The first kappa shape index (κ1) is 17.3. The van der Waals surface area contributed by atoms with E-state index in [1.54, 1.807) is 13.1 Å². The molecule has 0 spiro atoms. The highest BCUT2D eigenvalue weighted by Crippen LogP contribution is 2.23. The first-order valence-electron chi connectivity index (χ1n) is 7.00. The van der Waals surface area contributed by atoms with E-state index in [1.807, 2.05) is 6.92 Å². The molecular formula is C15H16Cl2N4O2. The van der Waals surface area contributed by atoms with Crippen molar-refractivity contribution in [3.05, 3.63) is 45.7 Å². The monoisotopic (exact) mass is 354 g/mol. The molecule has 0 atom stereocenters. The maximum Gasteiger partial charge on any atom is 0.271 e. The number of amides is 2. The molecule has 0 unspecified atom stereocenters. The minimum atomic E-state index is -0.441. The number of carbonyl (C=O) groups excluding carboxylic acids is 2. The summed E-state index contributed by atoms with van der Waals surface area (Å²) in [7, 11) is 1.63. The van der Waals surface area contributed by atoms with Crippen LogP contribution in [0.4, 0.5) is 5.69 Å². The zero-order valence-corrected chi connectivity index (χ0v) is 14.2. The number of aryl methyl sites for hydroxylation is 1. The van der Waals surface area contributed by atoms with Gasteiger partial charge in [0, 0.05) is 18.6 Å². The molecule has 2 amide bonds. The smallest absolute Gasteiger partial charge is 0.271 e. The average molecular weight is 355 g/mol. The van der Waals surface area contributed by atoms with E-state index in [2.05, 4.69) is 15.7 Å². The van der Waals surface area contributed by atoms with Gasteiger partial charge in [-0.25, -0.2) is 0 Å². The molecule has 1 aromatic heterocycles. The van der Waals surface area contributed by atoms with E-state index in [0.29, 0.717) is 17.3 Å². The topological polar surface area (TPSA) is 76.0 Å². The number of rotatable bonds is 5. The summed E-state index contributed by atoms with van der Waals surface area (Å²) in [4.78, 5) is 24.5. The van der Waals surface area contributed by atoms with Crippen LogP contribution in [0.5, 0.6) is 0 Å². The fourth-order valence-electron chi connectivity index (χ4n) is 1.98. The van der Waals surface area contributed by atoms with E-state index >= 15 is 0 Å². The highest BCUT2D eigenvalue weighted by atomic mass is 35.5.